The minimum Gasteiger partial charge on any atom is -0.465 e. The Morgan fingerprint density at radius 1 is 0.556 bits per heavy atom. The number of rotatable bonds is 25. The standard InChI is InChI=1S/C31H60O4S/c1-7-9-10-11-12-13-14-15-16-17-18-19-20-21-22-23-24-34-29(33)31(5,6)27-36-26-25-35-28(32)30(3,4)8-2/h7-27H2,1-6H3. The summed E-state index contributed by atoms with van der Waals surface area (Å²) in [6.07, 6.45) is 22.2. The Balaban J connectivity index is 3.55. The molecular formula is C31H60O4S. The Labute approximate surface area is 228 Å². The molecule has 4 nitrogen and oxygen atoms in total. The van der Waals surface area contributed by atoms with Crippen molar-refractivity contribution in [1.29, 1.82) is 0 Å². The third-order valence-corrected chi connectivity index (χ3v) is 8.52. The molecule has 0 radical (unpaired) electrons. The summed E-state index contributed by atoms with van der Waals surface area (Å²) < 4.78 is 10.9. The van der Waals surface area contributed by atoms with Crippen LogP contribution >= 0.6 is 11.8 Å². The first-order chi connectivity index (χ1) is 17.2. The SMILES string of the molecule is CCCCCCCCCCCCCCCCCCOC(=O)C(C)(C)CSCCOC(=O)C(C)(C)CC. The fourth-order valence-corrected chi connectivity index (χ4v) is 4.90. The molecule has 214 valence electrons. The van der Waals surface area contributed by atoms with Gasteiger partial charge in [0.2, 0.25) is 0 Å². The van der Waals surface area contributed by atoms with Crippen LogP contribution in [0.2, 0.25) is 0 Å². The van der Waals surface area contributed by atoms with Crippen molar-refractivity contribution < 1.29 is 19.1 Å². The Bertz CT molecular complexity index is 545. The van der Waals surface area contributed by atoms with Gasteiger partial charge in [-0.1, -0.05) is 110 Å². The summed E-state index contributed by atoms with van der Waals surface area (Å²) in [6, 6.07) is 0. The smallest absolute Gasteiger partial charge is 0.312 e. The predicted molar refractivity (Wildman–Crippen MR) is 157 cm³/mol. The van der Waals surface area contributed by atoms with Crippen LogP contribution in [0.5, 0.6) is 0 Å². The number of carbonyl (C=O) groups is 2. The van der Waals surface area contributed by atoms with Gasteiger partial charge in [-0.05, 0) is 40.5 Å². The molecule has 0 aliphatic rings. The zero-order valence-corrected chi connectivity index (χ0v) is 25.7. The van der Waals surface area contributed by atoms with Crippen LogP contribution in [-0.4, -0.2) is 36.7 Å². The first-order valence-electron chi connectivity index (χ1n) is 15.1. The van der Waals surface area contributed by atoms with Crippen molar-refractivity contribution in [1.82, 2.24) is 0 Å². The monoisotopic (exact) mass is 528 g/mol. The lowest BCUT2D eigenvalue weighted by Crippen LogP contribution is -2.30. The highest BCUT2D eigenvalue weighted by Gasteiger charge is 2.30. The van der Waals surface area contributed by atoms with E-state index >= 15 is 0 Å². The second-order valence-electron chi connectivity index (χ2n) is 11.7. The number of carbonyl (C=O) groups excluding carboxylic acids is 2. The van der Waals surface area contributed by atoms with Crippen molar-refractivity contribution in [2.24, 2.45) is 10.8 Å². The molecule has 0 aromatic rings. The summed E-state index contributed by atoms with van der Waals surface area (Å²) in [4.78, 5) is 24.4. The second kappa shape index (κ2) is 22.3. The average Bonchev–Trinajstić information content (AvgIpc) is 2.85. The molecule has 0 unspecified atom stereocenters. The van der Waals surface area contributed by atoms with Crippen LogP contribution in [0.15, 0.2) is 0 Å². The molecule has 0 amide bonds. The van der Waals surface area contributed by atoms with E-state index in [9.17, 15) is 9.59 Å². The molecule has 0 atom stereocenters. The van der Waals surface area contributed by atoms with E-state index in [-0.39, 0.29) is 11.9 Å². The Hall–Kier alpha value is -0.710. The highest BCUT2D eigenvalue weighted by molar-refractivity contribution is 7.99. The van der Waals surface area contributed by atoms with E-state index in [1.165, 1.54) is 89.9 Å². The highest BCUT2D eigenvalue weighted by atomic mass is 32.2. The number of hydrogen-bond acceptors (Lipinski definition) is 5. The number of thioether (sulfide) groups is 1. The summed E-state index contributed by atoms with van der Waals surface area (Å²) >= 11 is 1.64. The molecule has 0 aliphatic heterocycles. The first kappa shape index (κ1) is 35.3. The lowest BCUT2D eigenvalue weighted by Gasteiger charge is -2.23. The second-order valence-corrected chi connectivity index (χ2v) is 12.9. The van der Waals surface area contributed by atoms with Gasteiger partial charge >= 0.3 is 11.9 Å². The lowest BCUT2D eigenvalue weighted by molar-refractivity contribution is -0.154. The molecule has 0 saturated carbocycles. The van der Waals surface area contributed by atoms with Gasteiger partial charge in [-0.3, -0.25) is 9.59 Å². The summed E-state index contributed by atoms with van der Waals surface area (Å²) in [5.74, 6) is 1.09. The number of unbranched alkanes of at least 4 members (excludes halogenated alkanes) is 15. The molecule has 0 aromatic carbocycles. The lowest BCUT2D eigenvalue weighted by atomic mass is 9.91. The number of hydrogen-bond donors (Lipinski definition) is 0. The first-order valence-corrected chi connectivity index (χ1v) is 16.2. The van der Waals surface area contributed by atoms with Crippen molar-refractivity contribution in [2.45, 2.75) is 151 Å². The summed E-state index contributed by atoms with van der Waals surface area (Å²) in [7, 11) is 0. The van der Waals surface area contributed by atoms with Crippen molar-refractivity contribution in [2.75, 3.05) is 24.7 Å². The van der Waals surface area contributed by atoms with Crippen molar-refractivity contribution >= 4 is 23.7 Å². The third kappa shape index (κ3) is 19.4. The van der Waals surface area contributed by atoms with E-state index in [0.717, 1.165) is 19.3 Å². The van der Waals surface area contributed by atoms with Crippen LogP contribution in [0.25, 0.3) is 0 Å². The Morgan fingerprint density at radius 2 is 0.944 bits per heavy atom. The molecular weight excluding hydrogens is 468 g/mol. The van der Waals surface area contributed by atoms with Crippen molar-refractivity contribution in [3.05, 3.63) is 0 Å². The quantitative estimate of drug-likeness (QED) is 0.0872. The van der Waals surface area contributed by atoms with E-state index in [1.54, 1.807) is 11.8 Å². The molecule has 0 bridgehead atoms. The van der Waals surface area contributed by atoms with Crippen LogP contribution in [-0.2, 0) is 19.1 Å². The minimum absolute atomic E-state index is 0.125. The molecule has 0 heterocycles. The van der Waals surface area contributed by atoms with Gasteiger partial charge < -0.3 is 9.47 Å². The fourth-order valence-electron chi connectivity index (χ4n) is 3.93. The summed E-state index contributed by atoms with van der Waals surface area (Å²) in [5, 5.41) is 0. The van der Waals surface area contributed by atoms with Crippen molar-refractivity contribution in [3.8, 4) is 0 Å². The molecule has 0 rings (SSSR count). The molecule has 0 saturated heterocycles. The average molecular weight is 529 g/mol. The van der Waals surface area contributed by atoms with Gasteiger partial charge in [0.05, 0.1) is 17.4 Å². The minimum atomic E-state index is -0.521. The number of ether oxygens (including phenoxy) is 2. The highest BCUT2D eigenvalue weighted by Crippen LogP contribution is 2.25. The van der Waals surface area contributed by atoms with Crippen LogP contribution in [0.1, 0.15) is 151 Å². The van der Waals surface area contributed by atoms with Gasteiger partial charge in [0.15, 0.2) is 0 Å². The zero-order valence-electron chi connectivity index (χ0n) is 24.9. The van der Waals surface area contributed by atoms with Gasteiger partial charge in [0, 0.05) is 11.5 Å². The van der Waals surface area contributed by atoms with Crippen LogP contribution < -0.4 is 0 Å². The predicted octanol–water partition coefficient (Wildman–Crippen LogP) is 9.53. The maximum absolute atomic E-state index is 12.4. The molecule has 0 aromatic heterocycles. The number of esters is 2. The van der Waals surface area contributed by atoms with Crippen LogP contribution in [0.3, 0.4) is 0 Å². The molecule has 0 spiro atoms. The van der Waals surface area contributed by atoms with Gasteiger partial charge in [0.1, 0.15) is 6.61 Å². The maximum atomic E-state index is 12.4. The molecule has 0 N–H and O–H groups in total. The van der Waals surface area contributed by atoms with Crippen LogP contribution in [0.4, 0.5) is 0 Å². The largest absolute Gasteiger partial charge is 0.465 e. The molecule has 0 fully saturated rings. The van der Waals surface area contributed by atoms with Gasteiger partial charge in [-0.25, -0.2) is 0 Å². The summed E-state index contributed by atoms with van der Waals surface area (Å²) in [6.45, 7) is 12.9. The fraction of sp³-hybridized carbons (Fsp3) is 0.935. The van der Waals surface area contributed by atoms with E-state index in [2.05, 4.69) is 6.92 Å². The molecule has 0 aliphatic carbocycles. The summed E-state index contributed by atoms with van der Waals surface area (Å²) in [5.41, 5.74) is -0.952. The Kier molecular flexibility index (Phi) is 21.9. The van der Waals surface area contributed by atoms with E-state index in [0.29, 0.717) is 24.7 Å². The molecule has 36 heavy (non-hydrogen) atoms. The van der Waals surface area contributed by atoms with E-state index < -0.39 is 10.8 Å². The van der Waals surface area contributed by atoms with Gasteiger partial charge in [-0.15, -0.1) is 0 Å². The normalized spacial score (nSPS) is 12.1. The topological polar surface area (TPSA) is 52.6 Å². The van der Waals surface area contributed by atoms with Gasteiger partial charge in [0.25, 0.3) is 0 Å². The third-order valence-electron chi connectivity index (χ3n) is 7.14. The van der Waals surface area contributed by atoms with Crippen molar-refractivity contribution in [3.63, 3.8) is 0 Å². The van der Waals surface area contributed by atoms with E-state index in [4.69, 9.17) is 9.47 Å². The molecule has 5 heteroatoms. The Morgan fingerprint density at radius 3 is 1.39 bits per heavy atom. The van der Waals surface area contributed by atoms with E-state index in [1.807, 2.05) is 34.6 Å². The van der Waals surface area contributed by atoms with Crippen LogP contribution in [0, 0.1) is 10.8 Å². The maximum Gasteiger partial charge on any atom is 0.312 e. The zero-order chi connectivity index (χ0) is 27.1. The van der Waals surface area contributed by atoms with Gasteiger partial charge in [-0.2, -0.15) is 11.8 Å².